The molecule has 3 rings (SSSR count). The van der Waals surface area contributed by atoms with Gasteiger partial charge in [0.15, 0.2) is 0 Å². The Labute approximate surface area is 111 Å². The largest absolute Gasteiger partial charge is 0.340 e. The summed E-state index contributed by atoms with van der Waals surface area (Å²) in [5.74, 6) is 0.829. The maximum atomic E-state index is 9.40. The molecule has 0 saturated carbocycles. The standard InChI is InChI=1S/C16H13N3/c1-19(12-7-3-2-4-8-12)16-14(11-17)13-9-5-6-10-15(13)18-16/h2-10,18H,1H3. The van der Waals surface area contributed by atoms with E-state index in [0.29, 0.717) is 5.56 Å². The van der Waals surface area contributed by atoms with Crippen LogP contribution >= 0.6 is 0 Å². The first kappa shape index (κ1) is 11.4. The van der Waals surface area contributed by atoms with Crippen LogP contribution in [0.4, 0.5) is 11.5 Å². The highest BCUT2D eigenvalue weighted by atomic mass is 15.2. The molecule has 0 spiro atoms. The molecule has 3 nitrogen and oxygen atoms in total. The molecule has 0 amide bonds. The number of H-pyrrole nitrogens is 1. The molecule has 0 aliphatic heterocycles. The Bertz CT molecular complexity index is 751. The van der Waals surface area contributed by atoms with Crippen molar-refractivity contribution in [3.63, 3.8) is 0 Å². The van der Waals surface area contributed by atoms with Gasteiger partial charge >= 0.3 is 0 Å². The van der Waals surface area contributed by atoms with E-state index >= 15 is 0 Å². The van der Waals surface area contributed by atoms with Crippen LogP contribution in [0.5, 0.6) is 0 Å². The molecule has 0 radical (unpaired) electrons. The molecule has 0 aliphatic rings. The molecule has 19 heavy (non-hydrogen) atoms. The number of benzene rings is 2. The number of aromatic nitrogens is 1. The minimum Gasteiger partial charge on any atom is -0.340 e. The van der Waals surface area contributed by atoms with Crippen molar-refractivity contribution in [2.75, 3.05) is 11.9 Å². The van der Waals surface area contributed by atoms with Gasteiger partial charge in [0.25, 0.3) is 0 Å². The van der Waals surface area contributed by atoms with Crippen LogP contribution in [0.15, 0.2) is 54.6 Å². The average molecular weight is 247 g/mol. The average Bonchev–Trinajstić information content (AvgIpc) is 2.85. The smallest absolute Gasteiger partial charge is 0.129 e. The fraction of sp³-hybridized carbons (Fsp3) is 0.0625. The van der Waals surface area contributed by atoms with Crippen LogP contribution < -0.4 is 4.90 Å². The van der Waals surface area contributed by atoms with Gasteiger partial charge < -0.3 is 9.88 Å². The molecule has 1 heterocycles. The van der Waals surface area contributed by atoms with Crippen LogP contribution in [0.25, 0.3) is 10.9 Å². The number of nitrogens with zero attached hydrogens (tertiary/aromatic N) is 2. The van der Waals surface area contributed by atoms with Crippen molar-refractivity contribution in [3.8, 4) is 6.07 Å². The zero-order valence-electron chi connectivity index (χ0n) is 10.6. The molecular formula is C16H13N3. The topological polar surface area (TPSA) is 42.8 Å². The third-order valence-electron chi connectivity index (χ3n) is 3.28. The highest BCUT2D eigenvalue weighted by Crippen LogP contribution is 2.31. The van der Waals surface area contributed by atoms with Crippen molar-refractivity contribution < 1.29 is 0 Å². The van der Waals surface area contributed by atoms with Crippen LogP contribution in [0.1, 0.15) is 5.56 Å². The quantitative estimate of drug-likeness (QED) is 0.748. The molecule has 92 valence electrons. The lowest BCUT2D eigenvalue weighted by Crippen LogP contribution is -2.10. The molecule has 1 aromatic heterocycles. The van der Waals surface area contributed by atoms with Gasteiger partial charge in [-0.25, -0.2) is 0 Å². The number of hydrogen-bond acceptors (Lipinski definition) is 2. The number of hydrogen-bond donors (Lipinski definition) is 1. The zero-order chi connectivity index (χ0) is 13.2. The SMILES string of the molecule is CN(c1ccccc1)c1[nH]c2ccccc2c1C#N. The predicted molar refractivity (Wildman–Crippen MR) is 77.5 cm³/mol. The number of rotatable bonds is 2. The summed E-state index contributed by atoms with van der Waals surface area (Å²) in [6.07, 6.45) is 0. The minimum absolute atomic E-state index is 0.682. The van der Waals surface area contributed by atoms with Crippen LogP contribution in [0.2, 0.25) is 0 Å². The number of nitriles is 1. The van der Waals surface area contributed by atoms with E-state index in [1.165, 1.54) is 0 Å². The van der Waals surface area contributed by atoms with Crippen LogP contribution in [-0.2, 0) is 0 Å². The molecule has 0 unspecified atom stereocenters. The molecule has 0 atom stereocenters. The Morgan fingerprint density at radius 1 is 1.00 bits per heavy atom. The molecule has 0 fully saturated rings. The molecule has 0 bridgehead atoms. The summed E-state index contributed by atoms with van der Waals surface area (Å²) < 4.78 is 0. The van der Waals surface area contributed by atoms with E-state index in [4.69, 9.17) is 0 Å². The Hall–Kier alpha value is -2.73. The molecule has 2 aromatic carbocycles. The van der Waals surface area contributed by atoms with Gasteiger partial charge in [-0.05, 0) is 18.2 Å². The van der Waals surface area contributed by atoms with Crippen molar-refractivity contribution >= 4 is 22.4 Å². The summed E-state index contributed by atoms with van der Waals surface area (Å²) in [5, 5.41) is 10.4. The fourth-order valence-electron chi connectivity index (χ4n) is 2.27. The van der Waals surface area contributed by atoms with Gasteiger partial charge in [0.2, 0.25) is 0 Å². The molecule has 0 saturated heterocycles. The van der Waals surface area contributed by atoms with E-state index in [0.717, 1.165) is 22.4 Å². The van der Waals surface area contributed by atoms with Crippen molar-refractivity contribution in [2.24, 2.45) is 0 Å². The van der Waals surface area contributed by atoms with Crippen LogP contribution in [-0.4, -0.2) is 12.0 Å². The summed E-state index contributed by atoms with van der Waals surface area (Å²) >= 11 is 0. The van der Waals surface area contributed by atoms with E-state index in [1.54, 1.807) is 0 Å². The second-order valence-corrected chi connectivity index (χ2v) is 4.40. The lowest BCUT2D eigenvalue weighted by atomic mass is 10.2. The monoisotopic (exact) mass is 247 g/mol. The molecule has 3 aromatic rings. The van der Waals surface area contributed by atoms with Crippen LogP contribution in [0, 0.1) is 11.3 Å². The van der Waals surface area contributed by atoms with Crippen molar-refractivity contribution in [1.29, 1.82) is 5.26 Å². The Balaban J connectivity index is 2.18. The first-order valence-corrected chi connectivity index (χ1v) is 6.11. The summed E-state index contributed by atoms with van der Waals surface area (Å²) in [6, 6.07) is 20.2. The Kier molecular flexibility index (Phi) is 2.70. The van der Waals surface area contributed by atoms with Crippen molar-refractivity contribution in [2.45, 2.75) is 0 Å². The third kappa shape index (κ3) is 1.84. The van der Waals surface area contributed by atoms with Gasteiger partial charge in [0.05, 0.1) is 0 Å². The van der Waals surface area contributed by atoms with E-state index in [-0.39, 0.29) is 0 Å². The lowest BCUT2D eigenvalue weighted by molar-refractivity contribution is 1.16. The molecule has 1 N–H and O–H groups in total. The lowest BCUT2D eigenvalue weighted by Gasteiger charge is -2.17. The van der Waals surface area contributed by atoms with Gasteiger partial charge in [-0.2, -0.15) is 5.26 Å². The van der Waals surface area contributed by atoms with E-state index < -0.39 is 0 Å². The number of anilines is 2. The fourth-order valence-corrected chi connectivity index (χ4v) is 2.27. The first-order chi connectivity index (χ1) is 9.31. The number of nitrogens with one attached hydrogen (secondary N) is 1. The van der Waals surface area contributed by atoms with Gasteiger partial charge in [-0.1, -0.05) is 36.4 Å². The maximum absolute atomic E-state index is 9.40. The third-order valence-corrected chi connectivity index (χ3v) is 3.28. The summed E-state index contributed by atoms with van der Waals surface area (Å²) in [7, 11) is 1.96. The second-order valence-electron chi connectivity index (χ2n) is 4.40. The van der Waals surface area contributed by atoms with Gasteiger partial charge in [0.1, 0.15) is 17.5 Å². The summed E-state index contributed by atoms with van der Waals surface area (Å²) in [4.78, 5) is 5.32. The van der Waals surface area contributed by atoms with Crippen LogP contribution in [0.3, 0.4) is 0 Å². The molecule has 3 heteroatoms. The highest BCUT2D eigenvalue weighted by Gasteiger charge is 2.15. The van der Waals surface area contributed by atoms with E-state index in [1.807, 2.05) is 66.5 Å². The van der Waals surface area contributed by atoms with E-state index in [2.05, 4.69) is 11.1 Å². The van der Waals surface area contributed by atoms with Crippen molar-refractivity contribution in [1.82, 2.24) is 4.98 Å². The highest BCUT2D eigenvalue weighted by molar-refractivity contribution is 5.92. The number of aromatic amines is 1. The predicted octanol–water partition coefficient (Wildman–Crippen LogP) is 3.81. The normalized spacial score (nSPS) is 10.3. The Morgan fingerprint density at radius 2 is 1.68 bits per heavy atom. The van der Waals surface area contributed by atoms with Gasteiger partial charge in [-0.3, -0.25) is 0 Å². The summed E-state index contributed by atoms with van der Waals surface area (Å²) in [6.45, 7) is 0. The van der Waals surface area contributed by atoms with Gasteiger partial charge in [0, 0.05) is 23.6 Å². The van der Waals surface area contributed by atoms with Gasteiger partial charge in [-0.15, -0.1) is 0 Å². The van der Waals surface area contributed by atoms with Crippen molar-refractivity contribution in [3.05, 3.63) is 60.2 Å². The number of fused-ring (bicyclic) bond motifs is 1. The molecule has 0 aliphatic carbocycles. The summed E-state index contributed by atoms with van der Waals surface area (Å²) in [5.41, 5.74) is 2.71. The first-order valence-electron chi connectivity index (χ1n) is 6.11. The van der Waals surface area contributed by atoms with E-state index in [9.17, 15) is 5.26 Å². The zero-order valence-corrected chi connectivity index (χ0v) is 10.6. The Morgan fingerprint density at radius 3 is 2.42 bits per heavy atom. The maximum Gasteiger partial charge on any atom is 0.129 e. The number of para-hydroxylation sites is 2. The second kappa shape index (κ2) is 4.51. The minimum atomic E-state index is 0.682. The molecular weight excluding hydrogens is 234 g/mol.